The summed E-state index contributed by atoms with van der Waals surface area (Å²) in [4.78, 5) is 55.5. The molecule has 0 spiro atoms. The molecule has 1 N–H and O–H groups in total. The topological polar surface area (TPSA) is 107 Å². The van der Waals surface area contributed by atoms with Gasteiger partial charge in [0.25, 0.3) is 0 Å². The van der Waals surface area contributed by atoms with Crippen LogP contribution in [0.3, 0.4) is 0 Å². The minimum absolute atomic E-state index is 0.286. The number of anilines is 2. The van der Waals surface area contributed by atoms with Gasteiger partial charge in [-0.15, -0.1) is 0 Å². The van der Waals surface area contributed by atoms with Gasteiger partial charge in [-0.3, -0.25) is 23.7 Å². The number of hydrogen-bond donors (Lipinski definition) is 1. The summed E-state index contributed by atoms with van der Waals surface area (Å²) in [5.41, 5.74) is -0.528. The number of ether oxygens (including phenoxy) is 2. The summed E-state index contributed by atoms with van der Waals surface area (Å²) in [7, 11) is 2.93. The Balaban J connectivity index is 1.43. The minimum atomic E-state index is -4.71. The number of rotatable bonds is 7. The summed E-state index contributed by atoms with van der Waals surface area (Å²) in [5.74, 6) is -2.71. The van der Waals surface area contributed by atoms with Crippen LogP contribution in [0.5, 0.6) is 11.5 Å². The molecule has 3 heterocycles. The molecule has 6 rings (SSSR count). The number of para-hydroxylation sites is 1. The lowest BCUT2D eigenvalue weighted by atomic mass is 9.83. The molecule has 0 saturated carbocycles. The molecule has 3 amide bonds. The number of nitrogens with one attached hydrogen (secondary N) is 1. The maximum absolute atomic E-state index is 14.1. The predicted molar refractivity (Wildman–Crippen MR) is 170 cm³/mol. The molecular weight excluding hydrogens is 711 g/mol. The van der Waals surface area contributed by atoms with E-state index in [0.717, 1.165) is 49.2 Å². The van der Waals surface area contributed by atoms with Crippen LogP contribution in [0.25, 0.3) is 0 Å². The number of fused-ring (bicyclic) bond motifs is 2. The van der Waals surface area contributed by atoms with E-state index in [1.165, 1.54) is 26.4 Å². The molecule has 1 fully saturated rings. The van der Waals surface area contributed by atoms with Crippen molar-refractivity contribution in [3.63, 3.8) is 0 Å². The van der Waals surface area contributed by atoms with Gasteiger partial charge >= 0.3 is 11.0 Å². The fraction of sp³-hybridized carbons (Fsp3) is 0.226. The number of nitrogens with zero attached hydrogens (tertiary/aromatic N) is 2. The number of alkyl halides is 3. The largest absolute Gasteiger partial charge is 0.493 e. The highest BCUT2D eigenvalue weighted by atomic mass is 79.9. The first kappa shape index (κ1) is 31.9. The minimum Gasteiger partial charge on any atom is -0.493 e. The van der Waals surface area contributed by atoms with Crippen molar-refractivity contribution in [2.24, 2.45) is 5.92 Å². The molecule has 4 aromatic rings. The fourth-order valence-electron chi connectivity index (χ4n) is 5.68. The summed E-state index contributed by atoms with van der Waals surface area (Å²) in [6.07, 6.45) is -4.71. The zero-order chi connectivity index (χ0) is 32.9. The third-order valence-electron chi connectivity index (χ3n) is 7.71. The number of thioether (sulfide) groups is 1. The normalized spacial score (nSPS) is 19.1. The van der Waals surface area contributed by atoms with Gasteiger partial charge in [-0.05, 0) is 54.1 Å². The molecule has 2 aliphatic rings. The smallest absolute Gasteiger partial charge is 0.418 e. The zero-order valence-corrected chi connectivity index (χ0v) is 27.2. The first-order valence-electron chi connectivity index (χ1n) is 13.6. The number of hydrogen-bond acceptors (Lipinski definition) is 8. The monoisotopic (exact) mass is 733 g/mol. The van der Waals surface area contributed by atoms with E-state index in [-0.39, 0.29) is 5.03 Å². The average molecular weight is 735 g/mol. The molecule has 3 aromatic carbocycles. The van der Waals surface area contributed by atoms with Crippen LogP contribution in [0.1, 0.15) is 21.9 Å². The van der Waals surface area contributed by atoms with Crippen molar-refractivity contribution in [2.45, 2.75) is 28.9 Å². The average Bonchev–Trinajstić information content (AvgIpc) is 3.47. The molecule has 9 nitrogen and oxygen atoms in total. The summed E-state index contributed by atoms with van der Waals surface area (Å²) >= 11 is 5.17. The van der Waals surface area contributed by atoms with E-state index < -0.39 is 63.7 Å². The number of carbonyl (C=O) groups is 3. The van der Waals surface area contributed by atoms with E-state index in [9.17, 15) is 32.3 Å². The van der Waals surface area contributed by atoms with Gasteiger partial charge in [0.1, 0.15) is 11.8 Å². The fourth-order valence-corrected chi connectivity index (χ4v) is 8.72. The molecule has 0 aliphatic carbocycles. The van der Waals surface area contributed by atoms with Crippen LogP contribution in [-0.4, -0.2) is 41.8 Å². The van der Waals surface area contributed by atoms with Crippen molar-refractivity contribution >= 4 is 68.1 Å². The van der Waals surface area contributed by atoms with Crippen LogP contribution in [-0.2, 0) is 27.1 Å². The molecule has 15 heteroatoms. The van der Waals surface area contributed by atoms with Crippen molar-refractivity contribution in [1.82, 2.24) is 4.57 Å². The molecule has 0 unspecified atom stereocenters. The molecule has 0 bridgehead atoms. The molecule has 238 valence electrons. The highest BCUT2D eigenvalue weighted by Crippen LogP contribution is 2.54. The lowest BCUT2D eigenvalue weighted by molar-refractivity contribution is -0.137. The van der Waals surface area contributed by atoms with E-state index in [4.69, 9.17) is 9.47 Å². The molecule has 1 aromatic heterocycles. The number of thiazole rings is 1. The van der Waals surface area contributed by atoms with Crippen LogP contribution in [0.15, 0.2) is 81.0 Å². The zero-order valence-electron chi connectivity index (χ0n) is 24.0. The third kappa shape index (κ3) is 5.60. The number of benzene rings is 3. The van der Waals surface area contributed by atoms with Crippen molar-refractivity contribution in [3.8, 4) is 11.5 Å². The number of carbonyl (C=O) groups excluding carboxylic acids is 3. The van der Waals surface area contributed by atoms with Gasteiger partial charge in [0.2, 0.25) is 17.7 Å². The molecule has 2 aliphatic heterocycles. The highest BCUT2D eigenvalue weighted by molar-refractivity contribution is 9.10. The van der Waals surface area contributed by atoms with Gasteiger partial charge in [0.05, 0.1) is 42.1 Å². The Kier molecular flexibility index (Phi) is 8.50. The van der Waals surface area contributed by atoms with Crippen LogP contribution in [0.4, 0.5) is 24.5 Å². The summed E-state index contributed by atoms with van der Waals surface area (Å²) in [6, 6.07) is 16.3. The molecular formula is C31H23BrF3N3O6S2. The molecule has 46 heavy (non-hydrogen) atoms. The summed E-state index contributed by atoms with van der Waals surface area (Å²) in [5, 5.41) is 1.59. The van der Waals surface area contributed by atoms with Crippen molar-refractivity contribution in [3.05, 3.63) is 96.9 Å². The maximum Gasteiger partial charge on any atom is 0.418 e. The van der Waals surface area contributed by atoms with Gasteiger partial charge in [-0.2, -0.15) is 13.2 Å². The SMILES string of the molecule is COc1ccc([C@@H]2c3sc(=O)n(CC(=O)Nc4ccccc4C(F)(F)F)c3S[C@H]3C(=O)N(c4ccc(Br)cc4)C(=O)[C@@H]23)cc1OC. The number of imide groups is 1. The molecule has 1 saturated heterocycles. The van der Waals surface area contributed by atoms with Gasteiger partial charge in [0, 0.05) is 15.3 Å². The summed E-state index contributed by atoms with van der Waals surface area (Å²) in [6.45, 7) is -0.613. The Labute approximate surface area is 276 Å². The number of aromatic nitrogens is 1. The van der Waals surface area contributed by atoms with Gasteiger partial charge in [-0.1, -0.05) is 57.2 Å². The van der Waals surface area contributed by atoms with Crippen LogP contribution in [0, 0.1) is 5.92 Å². The predicted octanol–water partition coefficient (Wildman–Crippen LogP) is 6.14. The van der Waals surface area contributed by atoms with Crippen molar-refractivity contribution in [1.29, 1.82) is 0 Å². The Hall–Kier alpha value is -4.08. The van der Waals surface area contributed by atoms with E-state index >= 15 is 0 Å². The number of amides is 3. The maximum atomic E-state index is 14.1. The number of methoxy groups -OCH3 is 2. The quantitative estimate of drug-likeness (QED) is 0.228. The second-order valence-corrected chi connectivity index (χ2v) is 13.4. The van der Waals surface area contributed by atoms with E-state index in [0.29, 0.717) is 27.6 Å². The van der Waals surface area contributed by atoms with Crippen molar-refractivity contribution in [2.75, 3.05) is 24.4 Å². The first-order chi connectivity index (χ1) is 21.9. The van der Waals surface area contributed by atoms with E-state index in [1.54, 1.807) is 42.5 Å². The summed E-state index contributed by atoms with van der Waals surface area (Å²) < 4.78 is 53.4. The van der Waals surface area contributed by atoms with Crippen LogP contribution in [0.2, 0.25) is 0 Å². The second kappa shape index (κ2) is 12.3. The highest BCUT2D eigenvalue weighted by Gasteiger charge is 2.57. The molecule has 0 radical (unpaired) electrons. The Bertz CT molecular complexity index is 1930. The second-order valence-electron chi connectivity index (χ2n) is 10.4. The first-order valence-corrected chi connectivity index (χ1v) is 16.1. The van der Waals surface area contributed by atoms with E-state index in [2.05, 4.69) is 21.2 Å². The Morgan fingerprint density at radius 2 is 1.65 bits per heavy atom. The standard InChI is InChI=1S/C31H23BrF3N3O6S2/c1-43-20-12-7-15(13-21(20)44-2)23-24-25(28(41)38(27(24)40)17-10-8-16(32)9-11-17)45-29-26(23)46-30(42)37(29)14-22(39)36-19-6-4-3-5-18(19)31(33,34)35/h3-13,23-25H,14H2,1-2H3,(H,36,39)/t23-,24-,25+/m0/s1. The number of halogens is 4. The Morgan fingerprint density at radius 3 is 2.33 bits per heavy atom. The lowest BCUT2D eigenvalue weighted by Gasteiger charge is -2.31. The van der Waals surface area contributed by atoms with Gasteiger partial charge in [-0.25, -0.2) is 4.90 Å². The third-order valence-corrected chi connectivity index (χ3v) is 10.8. The lowest BCUT2D eigenvalue weighted by Crippen LogP contribution is -2.33. The van der Waals surface area contributed by atoms with Gasteiger partial charge < -0.3 is 14.8 Å². The molecule has 3 atom stereocenters. The van der Waals surface area contributed by atoms with Crippen LogP contribution >= 0.6 is 39.0 Å². The van der Waals surface area contributed by atoms with E-state index in [1.807, 2.05) is 0 Å². The van der Waals surface area contributed by atoms with Gasteiger partial charge in [0.15, 0.2) is 11.5 Å². The Morgan fingerprint density at radius 1 is 0.957 bits per heavy atom. The van der Waals surface area contributed by atoms with Crippen molar-refractivity contribution < 1.29 is 37.0 Å². The van der Waals surface area contributed by atoms with Crippen LogP contribution < -0.4 is 24.6 Å².